The molecule has 0 atom stereocenters. The second-order valence-corrected chi connectivity index (χ2v) is 6.86. The first-order valence-corrected chi connectivity index (χ1v) is 8.67. The Hall–Kier alpha value is -2.51. The average Bonchev–Trinajstić information content (AvgIpc) is 3.16. The molecule has 0 saturated carbocycles. The summed E-state index contributed by atoms with van der Waals surface area (Å²) < 4.78 is 2.67. The molecule has 1 N–H and O–H groups in total. The van der Waals surface area contributed by atoms with Gasteiger partial charge in [-0.1, -0.05) is 18.2 Å². The van der Waals surface area contributed by atoms with Crippen LogP contribution in [-0.4, -0.2) is 14.5 Å². The summed E-state index contributed by atoms with van der Waals surface area (Å²) in [6.45, 7) is 0.350. The van der Waals surface area contributed by atoms with E-state index in [0.29, 0.717) is 6.54 Å². The lowest BCUT2D eigenvalue weighted by atomic mass is 10.1. The molecule has 4 rings (SSSR count). The lowest BCUT2D eigenvalue weighted by Crippen LogP contribution is -2.28. The topological polar surface area (TPSA) is 67.8 Å². The molecule has 114 valence electrons. The van der Waals surface area contributed by atoms with Crippen LogP contribution >= 0.6 is 22.7 Å². The Kier molecular flexibility index (Phi) is 3.44. The molecule has 0 bridgehead atoms. The van der Waals surface area contributed by atoms with Gasteiger partial charge in [-0.2, -0.15) is 0 Å². The third kappa shape index (κ3) is 2.64. The quantitative estimate of drug-likeness (QED) is 0.623. The molecule has 0 aliphatic carbocycles. The molecule has 0 amide bonds. The Morgan fingerprint density at radius 1 is 1.09 bits per heavy atom. The van der Waals surface area contributed by atoms with Crippen molar-refractivity contribution in [3.8, 4) is 11.3 Å². The van der Waals surface area contributed by atoms with Gasteiger partial charge in [-0.3, -0.25) is 14.3 Å². The van der Waals surface area contributed by atoms with Gasteiger partial charge in [0.05, 0.1) is 12.2 Å². The number of thiazole rings is 1. The number of thiophene rings is 1. The SMILES string of the molecule is O=c1ccn(Cc2nc(-c3csc4ccccc34)cs2)c(=O)[nH]1. The van der Waals surface area contributed by atoms with Gasteiger partial charge in [0.25, 0.3) is 5.56 Å². The number of rotatable bonds is 3. The van der Waals surface area contributed by atoms with Crippen molar-refractivity contribution in [2.24, 2.45) is 0 Å². The fraction of sp³-hybridized carbons (Fsp3) is 0.0625. The molecule has 0 radical (unpaired) electrons. The van der Waals surface area contributed by atoms with Crippen molar-refractivity contribution >= 4 is 32.8 Å². The summed E-state index contributed by atoms with van der Waals surface area (Å²) in [5.41, 5.74) is 1.22. The molecule has 3 aromatic heterocycles. The minimum absolute atomic E-state index is 0.350. The second kappa shape index (κ2) is 5.60. The zero-order chi connectivity index (χ0) is 15.8. The van der Waals surface area contributed by atoms with Gasteiger partial charge in [0.1, 0.15) is 5.01 Å². The predicted octanol–water partition coefficient (Wildman–Crippen LogP) is 2.92. The maximum Gasteiger partial charge on any atom is 0.328 e. The summed E-state index contributed by atoms with van der Waals surface area (Å²) >= 11 is 3.20. The number of hydrogen-bond donors (Lipinski definition) is 1. The van der Waals surface area contributed by atoms with Crippen molar-refractivity contribution in [3.05, 3.63) is 73.1 Å². The van der Waals surface area contributed by atoms with E-state index in [1.54, 1.807) is 11.3 Å². The highest BCUT2D eigenvalue weighted by molar-refractivity contribution is 7.17. The van der Waals surface area contributed by atoms with E-state index in [-0.39, 0.29) is 0 Å². The minimum atomic E-state index is -0.421. The Bertz CT molecular complexity index is 1100. The molecule has 0 unspecified atom stereocenters. The number of hydrogen-bond acceptors (Lipinski definition) is 5. The van der Waals surface area contributed by atoms with E-state index in [2.05, 4.69) is 27.5 Å². The van der Waals surface area contributed by atoms with E-state index in [1.165, 1.54) is 38.3 Å². The van der Waals surface area contributed by atoms with Crippen LogP contribution in [0.5, 0.6) is 0 Å². The number of H-pyrrole nitrogens is 1. The maximum absolute atomic E-state index is 11.7. The van der Waals surface area contributed by atoms with Gasteiger partial charge < -0.3 is 0 Å². The summed E-state index contributed by atoms with van der Waals surface area (Å²) in [7, 11) is 0. The van der Waals surface area contributed by atoms with Crippen LogP contribution in [0.2, 0.25) is 0 Å². The molecule has 0 aliphatic heterocycles. The zero-order valence-corrected chi connectivity index (χ0v) is 13.5. The molecule has 0 saturated heterocycles. The molecule has 4 aromatic rings. The van der Waals surface area contributed by atoms with Crippen molar-refractivity contribution < 1.29 is 0 Å². The van der Waals surface area contributed by atoms with Crippen LogP contribution in [0.1, 0.15) is 5.01 Å². The monoisotopic (exact) mass is 341 g/mol. The lowest BCUT2D eigenvalue weighted by Gasteiger charge is -2.00. The molecule has 0 aliphatic rings. The minimum Gasteiger partial charge on any atom is -0.294 e. The molecule has 0 spiro atoms. The smallest absolute Gasteiger partial charge is 0.294 e. The van der Waals surface area contributed by atoms with Crippen LogP contribution < -0.4 is 11.2 Å². The molecule has 3 heterocycles. The molecular weight excluding hydrogens is 330 g/mol. The lowest BCUT2D eigenvalue weighted by molar-refractivity contribution is 0.717. The van der Waals surface area contributed by atoms with Crippen molar-refractivity contribution in [3.63, 3.8) is 0 Å². The highest BCUT2D eigenvalue weighted by Gasteiger charge is 2.10. The van der Waals surface area contributed by atoms with Crippen LogP contribution in [0, 0.1) is 0 Å². The standard InChI is InChI=1S/C16H11N3O2S2/c20-14-5-6-19(16(21)18-14)7-15-17-12(9-23-15)11-8-22-13-4-2-1-3-10(11)13/h1-6,8-9H,7H2,(H,18,20,21). The first-order valence-electron chi connectivity index (χ1n) is 6.91. The second-order valence-electron chi connectivity index (χ2n) is 5.01. The Morgan fingerprint density at radius 3 is 2.83 bits per heavy atom. The largest absolute Gasteiger partial charge is 0.328 e. The fourth-order valence-corrected chi connectivity index (χ4v) is 4.14. The molecular formula is C16H11N3O2S2. The summed E-state index contributed by atoms with van der Waals surface area (Å²) in [6.07, 6.45) is 1.49. The molecule has 5 nitrogen and oxygen atoms in total. The van der Waals surface area contributed by atoms with E-state index in [4.69, 9.17) is 0 Å². The average molecular weight is 341 g/mol. The van der Waals surface area contributed by atoms with E-state index in [0.717, 1.165) is 16.3 Å². The summed E-state index contributed by atoms with van der Waals surface area (Å²) in [4.78, 5) is 29.7. The summed E-state index contributed by atoms with van der Waals surface area (Å²) in [6, 6.07) is 9.56. The van der Waals surface area contributed by atoms with Crippen molar-refractivity contribution in [1.82, 2.24) is 14.5 Å². The van der Waals surface area contributed by atoms with Crippen molar-refractivity contribution in [2.45, 2.75) is 6.54 Å². The Labute approximate surface area is 138 Å². The Morgan fingerprint density at radius 2 is 1.96 bits per heavy atom. The summed E-state index contributed by atoms with van der Waals surface area (Å²) in [5.74, 6) is 0. The highest BCUT2D eigenvalue weighted by Crippen LogP contribution is 2.34. The van der Waals surface area contributed by atoms with E-state index in [9.17, 15) is 9.59 Å². The van der Waals surface area contributed by atoms with Gasteiger partial charge in [0.15, 0.2) is 0 Å². The van der Waals surface area contributed by atoms with E-state index < -0.39 is 11.2 Å². The first kappa shape index (κ1) is 14.1. The molecule has 0 fully saturated rings. The molecule has 23 heavy (non-hydrogen) atoms. The molecule has 1 aromatic carbocycles. The van der Waals surface area contributed by atoms with E-state index >= 15 is 0 Å². The van der Waals surface area contributed by atoms with Gasteiger partial charge in [0, 0.05) is 38.7 Å². The van der Waals surface area contributed by atoms with Crippen LogP contribution in [0.25, 0.3) is 21.3 Å². The van der Waals surface area contributed by atoms with Gasteiger partial charge >= 0.3 is 5.69 Å². The van der Waals surface area contributed by atoms with Crippen LogP contribution in [0.15, 0.2) is 56.9 Å². The van der Waals surface area contributed by atoms with Gasteiger partial charge in [0.2, 0.25) is 0 Å². The van der Waals surface area contributed by atoms with Crippen molar-refractivity contribution in [1.29, 1.82) is 0 Å². The molecule has 7 heteroatoms. The number of fused-ring (bicyclic) bond motifs is 1. The van der Waals surface area contributed by atoms with Gasteiger partial charge in [-0.05, 0) is 6.07 Å². The van der Waals surface area contributed by atoms with Gasteiger partial charge in [-0.25, -0.2) is 9.78 Å². The number of nitrogens with one attached hydrogen (secondary N) is 1. The van der Waals surface area contributed by atoms with Crippen LogP contribution in [-0.2, 0) is 6.54 Å². The highest BCUT2D eigenvalue weighted by atomic mass is 32.1. The number of aromatic amines is 1. The zero-order valence-electron chi connectivity index (χ0n) is 11.9. The van der Waals surface area contributed by atoms with Crippen molar-refractivity contribution in [2.75, 3.05) is 0 Å². The van der Waals surface area contributed by atoms with Crippen LogP contribution in [0.3, 0.4) is 0 Å². The van der Waals surface area contributed by atoms with Gasteiger partial charge in [-0.15, -0.1) is 22.7 Å². The number of benzene rings is 1. The third-order valence-electron chi connectivity index (χ3n) is 3.51. The Balaban J connectivity index is 1.69. The first-order chi connectivity index (χ1) is 11.2. The normalized spacial score (nSPS) is 11.1. The number of aromatic nitrogens is 3. The summed E-state index contributed by atoms with van der Waals surface area (Å²) in [5, 5.41) is 6.12. The maximum atomic E-state index is 11.7. The van der Waals surface area contributed by atoms with Crippen LogP contribution in [0.4, 0.5) is 0 Å². The predicted molar refractivity (Wildman–Crippen MR) is 93.4 cm³/mol. The number of nitrogens with zero attached hydrogens (tertiary/aromatic N) is 2. The van der Waals surface area contributed by atoms with E-state index in [1.807, 2.05) is 17.5 Å². The third-order valence-corrected chi connectivity index (χ3v) is 5.31. The fourth-order valence-electron chi connectivity index (χ4n) is 2.40.